The largest absolute Gasteiger partial charge is 0.341 e. The minimum atomic E-state index is -0.313. The number of rotatable bonds is 4. The van der Waals surface area contributed by atoms with Crippen LogP contribution < -0.4 is 10.5 Å². The van der Waals surface area contributed by atoms with Crippen LogP contribution in [0.2, 0.25) is 0 Å². The van der Waals surface area contributed by atoms with Gasteiger partial charge in [0.05, 0.1) is 6.54 Å². The fourth-order valence-corrected chi connectivity index (χ4v) is 2.81. The van der Waals surface area contributed by atoms with Crippen LogP contribution in [-0.2, 0) is 17.9 Å². The molecule has 1 aromatic carbocycles. The Morgan fingerprint density at radius 1 is 1.25 bits per heavy atom. The zero-order valence-electron chi connectivity index (χ0n) is 13.5. The normalized spacial score (nSPS) is 15.0. The third kappa shape index (κ3) is 3.29. The molecular weight excluding hydrogens is 311 g/mol. The van der Waals surface area contributed by atoms with E-state index in [0.29, 0.717) is 32.0 Å². The van der Waals surface area contributed by atoms with Crippen molar-refractivity contribution < 1.29 is 9.18 Å². The van der Waals surface area contributed by atoms with Gasteiger partial charge in [-0.15, -0.1) is 0 Å². The molecule has 24 heavy (non-hydrogen) atoms. The summed E-state index contributed by atoms with van der Waals surface area (Å²) in [4.78, 5) is 32.2. The zero-order chi connectivity index (χ0) is 17.1. The molecule has 0 radical (unpaired) electrons. The second kappa shape index (κ2) is 6.82. The highest BCUT2D eigenvalue weighted by Crippen LogP contribution is 2.13. The minimum absolute atomic E-state index is 0.0985. The van der Waals surface area contributed by atoms with Crippen LogP contribution in [0.25, 0.3) is 0 Å². The molecule has 126 valence electrons. The van der Waals surface area contributed by atoms with Crippen LogP contribution in [0.1, 0.15) is 12.5 Å². The van der Waals surface area contributed by atoms with E-state index in [4.69, 9.17) is 0 Å². The van der Waals surface area contributed by atoms with E-state index in [1.807, 2.05) is 6.92 Å². The van der Waals surface area contributed by atoms with E-state index in [1.165, 1.54) is 12.1 Å². The molecule has 1 aliphatic heterocycles. The lowest BCUT2D eigenvalue weighted by Gasteiger charge is -2.34. The SMILES string of the molecule is CCn1ccnc(N2CCN(Cc3cccc(F)c3)C(=O)C2)c1=O. The molecular formula is C17H19FN4O2. The van der Waals surface area contributed by atoms with Crippen molar-refractivity contribution in [2.45, 2.75) is 20.0 Å². The quantitative estimate of drug-likeness (QED) is 0.847. The maximum atomic E-state index is 13.3. The predicted molar refractivity (Wildman–Crippen MR) is 88.2 cm³/mol. The van der Waals surface area contributed by atoms with Gasteiger partial charge in [-0.1, -0.05) is 12.1 Å². The molecule has 6 nitrogen and oxygen atoms in total. The van der Waals surface area contributed by atoms with Gasteiger partial charge in [0.25, 0.3) is 5.56 Å². The third-order valence-corrected chi connectivity index (χ3v) is 4.12. The van der Waals surface area contributed by atoms with E-state index >= 15 is 0 Å². The van der Waals surface area contributed by atoms with Crippen molar-refractivity contribution in [1.82, 2.24) is 14.5 Å². The molecule has 2 aromatic rings. The maximum absolute atomic E-state index is 13.3. The number of benzene rings is 1. The van der Waals surface area contributed by atoms with Crippen molar-refractivity contribution in [3.05, 3.63) is 58.4 Å². The summed E-state index contributed by atoms with van der Waals surface area (Å²) in [6.07, 6.45) is 3.21. The summed E-state index contributed by atoms with van der Waals surface area (Å²) in [5, 5.41) is 0. The van der Waals surface area contributed by atoms with Crippen LogP contribution in [0, 0.1) is 5.82 Å². The Morgan fingerprint density at radius 3 is 2.79 bits per heavy atom. The molecule has 1 saturated heterocycles. The van der Waals surface area contributed by atoms with Gasteiger partial charge in [-0.3, -0.25) is 9.59 Å². The summed E-state index contributed by atoms with van der Waals surface area (Å²) in [7, 11) is 0. The number of nitrogens with zero attached hydrogens (tertiary/aromatic N) is 4. The summed E-state index contributed by atoms with van der Waals surface area (Å²) in [6, 6.07) is 6.23. The van der Waals surface area contributed by atoms with Crippen LogP contribution in [0.4, 0.5) is 10.2 Å². The Kier molecular flexibility index (Phi) is 4.59. The highest BCUT2D eigenvalue weighted by molar-refractivity contribution is 5.82. The Balaban J connectivity index is 1.72. The van der Waals surface area contributed by atoms with Crippen molar-refractivity contribution in [3.63, 3.8) is 0 Å². The molecule has 2 heterocycles. The Morgan fingerprint density at radius 2 is 2.08 bits per heavy atom. The highest BCUT2D eigenvalue weighted by Gasteiger charge is 2.26. The summed E-state index contributed by atoms with van der Waals surface area (Å²) >= 11 is 0. The molecule has 1 aromatic heterocycles. The van der Waals surface area contributed by atoms with Crippen molar-refractivity contribution >= 4 is 11.7 Å². The molecule has 1 aliphatic rings. The van der Waals surface area contributed by atoms with Crippen LogP contribution in [0.15, 0.2) is 41.5 Å². The van der Waals surface area contributed by atoms with Crippen molar-refractivity contribution in [2.24, 2.45) is 0 Å². The lowest BCUT2D eigenvalue weighted by molar-refractivity contribution is -0.131. The summed E-state index contributed by atoms with van der Waals surface area (Å²) in [5.41, 5.74) is 0.564. The predicted octanol–water partition coefficient (Wildman–Crippen LogP) is 1.25. The van der Waals surface area contributed by atoms with Crippen LogP contribution in [0.3, 0.4) is 0 Å². The van der Waals surface area contributed by atoms with Gasteiger partial charge in [-0.2, -0.15) is 0 Å². The number of hydrogen-bond donors (Lipinski definition) is 0. The molecule has 0 unspecified atom stereocenters. The molecule has 7 heteroatoms. The molecule has 0 N–H and O–H groups in total. The van der Waals surface area contributed by atoms with Crippen molar-refractivity contribution in [3.8, 4) is 0 Å². The number of hydrogen-bond acceptors (Lipinski definition) is 4. The Labute approximate surface area is 139 Å². The van der Waals surface area contributed by atoms with Crippen LogP contribution in [-0.4, -0.2) is 40.0 Å². The van der Waals surface area contributed by atoms with Gasteiger partial charge in [0.15, 0.2) is 5.82 Å². The summed E-state index contributed by atoms with van der Waals surface area (Å²) in [6.45, 7) is 3.90. The van der Waals surface area contributed by atoms with Gasteiger partial charge < -0.3 is 14.4 Å². The van der Waals surface area contributed by atoms with Crippen LogP contribution >= 0.6 is 0 Å². The average molecular weight is 330 g/mol. The number of carbonyl (C=O) groups is 1. The van der Waals surface area contributed by atoms with E-state index in [1.54, 1.807) is 38.9 Å². The standard InChI is InChI=1S/C17H19FN4O2/c1-2-20-7-6-19-16(17(20)24)22-9-8-21(15(23)12-22)11-13-4-3-5-14(18)10-13/h3-7,10H,2,8-9,11-12H2,1H3. The average Bonchev–Trinajstić information content (AvgIpc) is 2.57. The molecule has 0 aliphatic carbocycles. The summed E-state index contributed by atoms with van der Waals surface area (Å²) < 4.78 is 14.8. The third-order valence-electron chi connectivity index (χ3n) is 4.12. The van der Waals surface area contributed by atoms with E-state index in [2.05, 4.69) is 4.98 Å². The lowest BCUT2D eigenvalue weighted by atomic mass is 10.2. The number of halogens is 1. The van der Waals surface area contributed by atoms with E-state index in [-0.39, 0.29) is 23.8 Å². The van der Waals surface area contributed by atoms with Gasteiger partial charge in [-0.05, 0) is 24.6 Å². The molecule has 1 amide bonds. The number of aryl methyl sites for hydroxylation is 1. The summed E-state index contributed by atoms with van der Waals surface area (Å²) in [5.74, 6) is -0.107. The van der Waals surface area contributed by atoms with E-state index in [9.17, 15) is 14.0 Å². The molecule has 0 spiro atoms. The van der Waals surface area contributed by atoms with Crippen LogP contribution in [0.5, 0.6) is 0 Å². The smallest absolute Gasteiger partial charge is 0.293 e. The molecule has 3 rings (SSSR count). The first-order valence-electron chi connectivity index (χ1n) is 7.91. The molecule has 0 atom stereocenters. The lowest BCUT2D eigenvalue weighted by Crippen LogP contribution is -2.51. The number of piperazine rings is 1. The zero-order valence-corrected chi connectivity index (χ0v) is 13.5. The number of amides is 1. The van der Waals surface area contributed by atoms with E-state index < -0.39 is 0 Å². The van der Waals surface area contributed by atoms with Crippen molar-refractivity contribution in [2.75, 3.05) is 24.5 Å². The fraction of sp³-hybridized carbons (Fsp3) is 0.353. The van der Waals surface area contributed by atoms with Gasteiger partial charge in [-0.25, -0.2) is 9.37 Å². The molecule has 0 bridgehead atoms. The monoisotopic (exact) mass is 330 g/mol. The first-order chi connectivity index (χ1) is 11.6. The maximum Gasteiger partial charge on any atom is 0.293 e. The Bertz CT molecular complexity index is 805. The van der Waals surface area contributed by atoms with Gasteiger partial charge in [0.2, 0.25) is 5.91 Å². The minimum Gasteiger partial charge on any atom is -0.341 e. The van der Waals surface area contributed by atoms with Gasteiger partial charge >= 0.3 is 0 Å². The second-order valence-corrected chi connectivity index (χ2v) is 5.71. The van der Waals surface area contributed by atoms with E-state index in [0.717, 1.165) is 5.56 Å². The Hall–Kier alpha value is -2.70. The number of anilines is 1. The topological polar surface area (TPSA) is 58.4 Å². The fourth-order valence-electron chi connectivity index (χ4n) is 2.81. The van der Waals surface area contributed by atoms with Gasteiger partial charge in [0.1, 0.15) is 5.82 Å². The number of carbonyl (C=O) groups excluding carboxylic acids is 1. The second-order valence-electron chi connectivity index (χ2n) is 5.71. The first kappa shape index (κ1) is 16.2. The molecule has 1 fully saturated rings. The first-order valence-corrected chi connectivity index (χ1v) is 7.91. The van der Waals surface area contributed by atoms with Crippen molar-refractivity contribution in [1.29, 1.82) is 0 Å². The molecule has 0 saturated carbocycles. The highest BCUT2D eigenvalue weighted by atomic mass is 19.1. The van der Waals surface area contributed by atoms with Gasteiger partial charge in [0, 0.05) is 38.6 Å². The number of aromatic nitrogens is 2.